The minimum absolute atomic E-state index is 0.0149. The molecule has 0 aromatic heterocycles. The lowest BCUT2D eigenvalue weighted by atomic mass is 9.98. The average Bonchev–Trinajstić information content (AvgIpc) is 2.61. The highest BCUT2D eigenvalue weighted by Gasteiger charge is 2.29. The van der Waals surface area contributed by atoms with Gasteiger partial charge in [0, 0.05) is 43.3 Å². The van der Waals surface area contributed by atoms with E-state index in [2.05, 4.69) is 5.32 Å². The first kappa shape index (κ1) is 16.3. The van der Waals surface area contributed by atoms with E-state index in [9.17, 15) is 9.59 Å². The van der Waals surface area contributed by atoms with Crippen LogP contribution in [-0.2, 0) is 4.79 Å². The summed E-state index contributed by atoms with van der Waals surface area (Å²) in [5, 5.41) is 3.85. The highest BCUT2D eigenvalue weighted by molar-refractivity contribution is 6.30. The Morgan fingerprint density at radius 3 is 2.52 bits per heavy atom. The largest absolute Gasteiger partial charge is 0.339 e. The number of piperidine rings is 1. The number of carbonyl (C=O) groups is 2. The van der Waals surface area contributed by atoms with Gasteiger partial charge in [0.05, 0.1) is 5.92 Å². The Morgan fingerprint density at radius 2 is 1.87 bits per heavy atom. The van der Waals surface area contributed by atoms with Crippen LogP contribution in [0, 0.1) is 5.92 Å². The second-order valence-electron chi connectivity index (χ2n) is 6.17. The Morgan fingerprint density at radius 1 is 1.13 bits per heavy atom. The van der Waals surface area contributed by atoms with Gasteiger partial charge in [-0.25, -0.2) is 0 Å². The fourth-order valence-electron chi connectivity index (χ4n) is 3.25. The van der Waals surface area contributed by atoms with Crippen LogP contribution in [0.1, 0.15) is 23.2 Å². The maximum absolute atomic E-state index is 12.5. The second kappa shape index (κ2) is 7.32. The fourth-order valence-corrected chi connectivity index (χ4v) is 3.45. The van der Waals surface area contributed by atoms with Crippen molar-refractivity contribution < 1.29 is 9.59 Å². The van der Waals surface area contributed by atoms with E-state index in [1.807, 2.05) is 4.90 Å². The standard InChI is InChI=1S/C17H22ClN3O2/c18-15-5-1-3-13(11-15)16(22)20-7-9-21(10-8-20)17(23)14-4-2-6-19-12-14/h1,3,5,11,14,19H,2,4,6-10,12H2. The van der Waals surface area contributed by atoms with Crippen molar-refractivity contribution in [2.24, 2.45) is 5.92 Å². The van der Waals surface area contributed by atoms with Crippen LogP contribution in [0.2, 0.25) is 5.02 Å². The summed E-state index contributed by atoms with van der Waals surface area (Å²) in [6.07, 6.45) is 2.02. The number of rotatable bonds is 2. The molecule has 1 aromatic rings. The van der Waals surface area contributed by atoms with Crippen LogP contribution in [0.25, 0.3) is 0 Å². The SMILES string of the molecule is O=C(c1cccc(Cl)c1)N1CCN(C(=O)C2CCCNC2)CC1. The molecular formula is C17H22ClN3O2. The third kappa shape index (κ3) is 3.85. The summed E-state index contributed by atoms with van der Waals surface area (Å²) >= 11 is 5.95. The van der Waals surface area contributed by atoms with Crippen molar-refractivity contribution in [1.29, 1.82) is 0 Å². The number of hydrogen-bond acceptors (Lipinski definition) is 3. The van der Waals surface area contributed by atoms with Crippen molar-refractivity contribution >= 4 is 23.4 Å². The van der Waals surface area contributed by atoms with Gasteiger partial charge in [0.1, 0.15) is 0 Å². The van der Waals surface area contributed by atoms with E-state index >= 15 is 0 Å². The molecule has 2 aliphatic rings. The molecule has 3 rings (SSSR count). The predicted molar refractivity (Wildman–Crippen MR) is 89.5 cm³/mol. The molecule has 23 heavy (non-hydrogen) atoms. The van der Waals surface area contributed by atoms with Gasteiger partial charge in [-0.2, -0.15) is 0 Å². The Labute approximate surface area is 141 Å². The van der Waals surface area contributed by atoms with E-state index < -0.39 is 0 Å². The molecule has 6 heteroatoms. The number of benzene rings is 1. The summed E-state index contributed by atoms with van der Waals surface area (Å²) < 4.78 is 0. The van der Waals surface area contributed by atoms with Crippen LogP contribution in [0.4, 0.5) is 0 Å². The number of nitrogens with one attached hydrogen (secondary N) is 1. The normalized spacial score (nSPS) is 22.0. The number of halogens is 1. The Kier molecular flexibility index (Phi) is 5.18. The van der Waals surface area contributed by atoms with E-state index in [0.717, 1.165) is 25.9 Å². The molecule has 1 N–H and O–H groups in total. The number of piperazine rings is 1. The lowest BCUT2D eigenvalue weighted by Crippen LogP contribution is -2.53. The average molecular weight is 336 g/mol. The number of hydrogen-bond donors (Lipinski definition) is 1. The minimum atomic E-state index is -0.0149. The number of nitrogens with zero attached hydrogens (tertiary/aromatic N) is 2. The Bertz CT molecular complexity index is 579. The van der Waals surface area contributed by atoms with Crippen LogP contribution in [-0.4, -0.2) is 60.9 Å². The van der Waals surface area contributed by atoms with Gasteiger partial charge in [-0.1, -0.05) is 17.7 Å². The molecule has 1 unspecified atom stereocenters. The molecule has 2 fully saturated rings. The van der Waals surface area contributed by atoms with Crippen LogP contribution in [0.15, 0.2) is 24.3 Å². The number of carbonyl (C=O) groups excluding carboxylic acids is 2. The second-order valence-corrected chi connectivity index (χ2v) is 6.61. The molecule has 0 bridgehead atoms. The molecule has 2 aliphatic heterocycles. The zero-order valence-corrected chi connectivity index (χ0v) is 13.9. The van der Waals surface area contributed by atoms with Gasteiger partial charge in [-0.3, -0.25) is 9.59 Å². The minimum Gasteiger partial charge on any atom is -0.339 e. The van der Waals surface area contributed by atoms with Crippen LogP contribution in [0.3, 0.4) is 0 Å². The summed E-state index contributed by atoms with van der Waals surface area (Å²) in [6, 6.07) is 7.01. The maximum Gasteiger partial charge on any atom is 0.254 e. The van der Waals surface area contributed by atoms with Crippen LogP contribution in [0.5, 0.6) is 0 Å². The predicted octanol–water partition coefficient (Wildman–Crippen LogP) is 1.62. The van der Waals surface area contributed by atoms with E-state index in [4.69, 9.17) is 11.6 Å². The van der Waals surface area contributed by atoms with Crippen molar-refractivity contribution in [3.8, 4) is 0 Å². The number of amides is 2. The molecule has 0 aliphatic carbocycles. The smallest absolute Gasteiger partial charge is 0.254 e. The first-order valence-electron chi connectivity index (χ1n) is 8.19. The highest BCUT2D eigenvalue weighted by atomic mass is 35.5. The summed E-state index contributed by atoms with van der Waals surface area (Å²) in [6.45, 7) is 4.17. The third-order valence-electron chi connectivity index (χ3n) is 4.60. The van der Waals surface area contributed by atoms with Gasteiger partial charge >= 0.3 is 0 Å². The maximum atomic E-state index is 12.5. The highest BCUT2D eigenvalue weighted by Crippen LogP contribution is 2.17. The third-order valence-corrected chi connectivity index (χ3v) is 4.83. The molecule has 0 radical (unpaired) electrons. The zero-order chi connectivity index (χ0) is 16.2. The first-order chi connectivity index (χ1) is 11.1. The molecule has 2 saturated heterocycles. The van der Waals surface area contributed by atoms with Crippen LogP contribution < -0.4 is 5.32 Å². The van der Waals surface area contributed by atoms with Crippen LogP contribution >= 0.6 is 11.6 Å². The molecule has 0 saturated carbocycles. The molecular weight excluding hydrogens is 314 g/mol. The molecule has 2 amide bonds. The van der Waals surface area contributed by atoms with E-state index in [1.165, 1.54) is 0 Å². The Balaban J connectivity index is 1.55. The monoisotopic (exact) mass is 335 g/mol. The van der Waals surface area contributed by atoms with Gasteiger partial charge in [0.25, 0.3) is 5.91 Å². The van der Waals surface area contributed by atoms with Gasteiger partial charge in [-0.15, -0.1) is 0 Å². The van der Waals surface area contributed by atoms with Gasteiger partial charge in [0.2, 0.25) is 5.91 Å². The summed E-state index contributed by atoms with van der Waals surface area (Å²) in [4.78, 5) is 28.7. The van der Waals surface area contributed by atoms with E-state index in [1.54, 1.807) is 29.2 Å². The Hall–Kier alpha value is -1.59. The summed E-state index contributed by atoms with van der Waals surface area (Å²) in [7, 11) is 0. The quantitative estimate of drug-likeness (QED) is 0.893. The van der Waals surface area contributed by atoms with Crippen molar-refractivity contribution in [3.63, 3.8) is 0 Å². The van der Waals surface area contributed by atoms with Crippen molar-refractivity contribution in [1.82, 2.24) is 15.1 Å². The first-order valence-corrected chi connectivity index (χ1v) is 8.57. The van der Waals surface area contributed by atoms with Gasteiger partial charge < -0.3 is 15.1 Å². The fraction of sp³-hybridized carbons (Fsp3) is 0.529. The molecule has 1 atom stereocenters. The van der Waals surface area contributed by atoms with Gasteiger partial charge in [-0.05, 0) is 37.6 Å². The van der Waals surface area contributed by atoms with Gasteiger partial charge in [0.15, 0.2) is 0 Å². The lowest BCUT2D eigenvalue weighted by molar-refractivity contribution is -0.137. The van der Waals surface area contributed by atoms with E-state index in [-0.39, 0.29) is 17.7 Å². The molecule has 124 valence electrons. The molecule has 1 aromatic carbocycles. The summed E-state index contributed by atoms with van der Waals surface area (Å²) in [5.74, 6) is 0.310. The zero-order valence-electron chi connectivity index (χ0n) is 13.1. The lowest BCUT2D eigenvalue weighted by Gasteiger charge is -2.37. The molecule has 0 spiro atoms. The van der Waals surface area contributed by atoms with Crippen molar-refractivity contribution in [2.75, 3.05) is 39.3 Å². The summed E-state index contributed by atoms with van der Waals surface area (Å²) in [5.41, 5.74) is 0.605. The van der Waals surface area contributed by atoms with Crippen molar-refractivity contribution in [2.45, 2.75) is 12.8 Å². The topological polar surface area (TPSA) is 52.7 Å². The van der Waals surface area contributed by atoms with Crippen molar-refractivity contribution in [3.05, 3.63) is 34.9 Å². The molecule has 5 nitrogen and oxygen atoms in total. The van der Waals surface area contributed by atoms with E-state index in [0.29, 0.717) is 36.8 Å². The molecule has 2 heterocycles.